The Bertz CT molecular complexity index is 1560. The van der Waals surface area contributed by atoms with Crippen molar-refractivity contribution in [2.45, 2.75) is 88.9 Å². The molecule has 3 aromatic carbocycles. The fraction of sp³-hybridized carbons (Fsp3) is 0.429. The predicted octanol–water partition coefficient (Wildman–Crippen LogP) is 8.41. The number of nitro groups is 3. The number of rotatable bonds is 22. The van der Waals surface area contributed by atoms with Gasteiger partial charge in [-0.15, -0.1) is 0 Å². The van der Waals surface area contributed by atoms with E-state index in [9.17, 15) is 50.1 Å². The molecule has 2 unspecified atom stereocenters. The highest BCUT2D eigenvalue weighted by Gasteiger charge is 2.46. The van der Waals surface area contributed by atoms with Gasteiger partial charge in [0.05, 0.1) is 26.3 Å². The van der Waals surface area contributed by atoms with E-state index >= 15 is 0 Å². The Labute approximate surface area is 278 Å². The largest absolute Gasteiger partial charge is 0.481 e. The number of carboxylic acids is 2. The van der Waals surface area contributed by atoms with E-state index in [1.165, 1.54) is 54.6 Å². The molecule has 0 aliphatic carbocycles. The lowest BCUT2D eigenvalue weighted by molar-refractivity contribution is -0.386. The summed E-state index contributed by atoms with van der Waals surface area (Å²) in [5.74, 6) is -2.67. The van der Waals surface area contributed by atoms with Gasteiger partial charge in [-0.2, -0.15) is 0 Å². The first-order valence-corrected chi connectivity index (χ1v) is 16.2. The molecule has 3 rings (SSSR count). The Morgan fingerprint density at radius 3 is 1.58 bits per heavy atom. The van der Waals surface area contributed by atoms with Crippen LogP contribution in [-0.2, 0) is 21.4 Å². The van der Waals surface area contributed by atoms with E-state index in [2.05, 4.69) is 0 Å². The lowest BCUT2D eigenvalue weighted by Gasteiger charge is -2.30. The summed E-state index contributed by atoms with van der Waals surface area (Å²) in [6, 6.07) is 16.9. The molecule has 0 radical (unpaired) electrons. The average Bonchev–Trinajstić information content (AvgIpc) is 3.06. The summed E-state index contributed by atoms with van der Waals surface area (Å²) >= 11 is 0. The molecule has 2 N–H and O–H groups in total. The Kier molecular flexibility index (Phi) is 14.1. The summed E-state index contributed by atoms with van der Waals surface area (Å²) in [4.78, 5) is 56.8. The number of hydrogen-bond acceptors (Lipinski definition) is 8. The van der Waals surface area contributed by atoms with Crippen molar-refractivity contribution in [3.05, 3.63) is 120 Å². The van der Waals surface area contributed by atoms with Crippen molar-refractivity contribution in [3.8, 4) is 0 Å². The van der Waals surface area contributed by atoms with E-state index in [-0.39, 0.29) is 34.6 Å². The maximum atomic E-state index is 12.9. The molecule has 2 atom stereocenters. The first kappa shape index (κ1) is 37.3. The smallest absolute Gasteiger partial charge is 0.318 e. The maximum Gasteiger partial charge on any atom is 0.318 e. The fourth-order valence-electron chi connectivity index (χ4n) is 6.19. The van der Waals surface area contributed by atoms with Crippen molar-refractivity contribution in [2.75, 3.05) is 0 Å². The number of aliphatic carboxylic acids is 2. The maximum absolute atomic E-state index is 12.9. The number of nitrogens with zero attached hydrogens (tertiary/aromatic N) is 3. The summed E-state index contributed by atoms with van der Waals surface area (Å²) in [5, 5.41) is 54.0. The molecule has 0 aliphatic heterocycles. The Morgan fingerprint density at radius 2 is 1.10 bits per heavy atom. The summed E-state index contributed by atoms with van der Waals surface area (Å²) in [5.41, 5.74) is -1.25. The van der Waals surface area contributed by atoms with Crippen LogP contribution in [0.25, 0.3) is 0 Å². The summed E-state index contributed by atoms with van der Waals surface area (Å²) in [7, 11) is 0. The number of para-hydroxylation sites is 1. The normalized spacial score (nSPS) is 12.9. The number of non-ortho nitro benzene ring substituents is 2. The van der Waals surface area contributed by atoms with Gasteiger partial charge in [0.25, 0.3) is 17.1 Å². The molecule has 0 bridgehead atoms. The first-order chi connectivity index (χ1) is 23.0. The zero-order valence-electron chi connectivity index (χ0n) is 26.7. The molecule has 13 nitrogen and oxygen atoms in total. The van der Waals surface area contributed by atoms with E-state index in [0.717, 1.165) is 56.9 Å². The van der Waals surface area contributed by atoms with Crippen LogP contribution in [0.2, 0.25) is 0 Å². The Balaban J connectivity index is 1.44. The van der Waals surface area contributed by atoms with Crippen LogP contribution in [0.4, 0.5) is 17.1 Å². The van der Waals surface area contributed by atoms with Crippen LogP contribution in [-0.4, -0.2) is 36.9 Å². The number of nitro benzene ring substituents is 3. The van der Waals surface area contributed by atoms with Crippen molar-refractivity contribution in [2.24, 2.45) is 5.92 Å². The number of hydrogen-bond donors (Lipinski definition) is 2. The molecule has 13 heteroatoms. The van der Waals surface area contributed by atoms with Crippen LogP contribution < -0.4 is 0 Å². The lowest BCUT2D eigenvalue weighted by atomic mass is 9.70. The number of carboxylic acid groups (broad SMARTS) is 2. The van der Waals surface area contributed by atoms with Gasteiger partial charge in [-0.3, -0.25) is 39.9 Å². The third kappa shape index (κ3) is 10.1. The molecule has 0 aliphatic rings. The third-order valence-electron chi connectivity index (χ3n) is 8.83. The minimum Gasteiger partial charge on any atom is -0.481 e. The summed E-state index contributed by atoms with van der Waals surface area (Å²) < 4.78 is 0. The molecule has 0 aromatic heterocycles. The fourth-order valence-corrected chi connectivity index (χ4v) is 6.19. The second-order valence-corrected chi connectivity index (χ2v) is 12.0. The van der Waals surface area contributed by atoms with Gasteiger partial charge < -0.3 is 10.2 Å². The molecule has 0 fully saturated rings. The molecule has 256 valence electrons. The summed E-state index contributed by atoms with van der Waals surface area (Å²) in [6.45, 7) is 0. The van der Waals surface area contributed by atoms with Crippen molar-refractivity contribution in [1.82, 2.24) is 0 Å². The highest BCUT2D eigenvalue weighted by atomic mass is 16.6. The number of unbranched alkanes of at least 4 members (excludes halogenated alkanes) is 9. The van der Waals surface area contributed by atoms with Crippen molar-refractivity contribution < 1.29 is 34.6 Å². The predicted molar refractivity (Wildman–Crippen MR) is 178 cm³/mol. The van der Waals surface area contributed by atoms with Gasteiger partial charge in [-0.05, 0) is 30.4 Å². The van der Waals surface area contributed by atoms with E-state index in [4.69, 9.17) is 0 Å². The molecule has 0 spiro atoms. The molecule has 0 saturated heterocycles. The number of carbonyl (C=O) groups is 2. The van der Waals surface area contributed by atoms with Gasteiger partial charge in [0, 0.05) is 30.3 Å². The van der Waals surface area contributed by atoms with Gasteiger partial charge >= 0.3 is 11.9 Å². The average molecular weight is 664 g/mol. The van der Waals surface area contributed by atoms with Crippen molar-refractivity contribution >= 4 is 29.0 Å². The van der Waals surface area contributed by atoms with Crippen molar-refractivity contribution in [1.29, 1.82) is 0 Å². The lowest BCUT2D eigenvalue weighted by Crippen LogP contribution is -2.38. The van der Waals surface area contributed by atoms with Crippen LogP contribution in [0, 0.1) is 36.3 Å². The standard InChI is InChI=1S/C35H41N3O10/c39-33(40)27(25-26-16-20-29(21-17-26)36(43)44)13-9-7-5-3-1-2-4-6-8-12-24-35(34(41)42,28-18-22-30(23-19-28)37(45)46)31-14-10-11-15-32(31)38(47)48/h10-11,14-23,27H,1-9,12-13,24-25H2,(H,39,40)(H,41,42). The monoisotopic (exact) mass is 663 g/mol. The van der Waals surface area contributed by atoms with Crippen LogP contribution in [0.3, 0.4) is 0 Å². The highest BCUT2D eigenvalue weighted by molar-refractivity contribution is 5.87. The molecule has 0 amide bonds. The quantitative estimate of drug-likeness (QED) is 0.0596. The Morgan fingerprint density at radius 1 is 0.625 bits per heavy atom. The van der Waals surface area contributed by atoms with E-state index in [1.807, 2.05) is 0 Å². The van der Waals surface area contributed by atoms with Crippen LogP contribution in [0.5, 0.6) is 0 Å². The summed E-state index contributed by atoms with van der Waals surface area (Å²) in [6.07, 6.45) is 9.66. The van der Waals surface area contributed by atoms with Crippen LogP contribution in [0.1, 0.15) is 93.7 Å². The van der Waals surface area contributed by atoms with Crippen LogP contribution >= 0.6 is 0 Å². The van der Waals surface area contributed by atoms with E-state index < -0.39 is 38.0 Å². The zero-order chi connectivity index (χ0) is 35.1. The topological polar surface area (TPSA) is 204 Å². The minimum atomic E-state index is -1.75. The van der Waals surface area contributed by atoms with Gasteiger partial charge in [-0.1, -0.05) is 107 Å². The first-order valence-electron chi connectivity index (χ1n) is 16.2. The highest BCUT2D eigenvalue weighted by Crippen LogP contribution is 2.42. The van der Waals surface area contributed by atoms with E-state index in [0.29, 0.717) is 25.7 Å². The minimum absolute atomic E-state index is 0.0260. The molecule has 0 saturated carbocycles. The molecule has 3 aromatic rings. The van der Waals surface area contributed by atoms with Crippen molar-refractivity contribution in [3.63, 3.8) is 0 Å². The molecule has 0 heterocycles. The van der Waals surface area contributed by atoms with Gasteiger partial charge in [0.1, 0.15) is 5.41 Å². The van der Waals surface area contributed by atoms with E-state index in [1.54, 1.807) is 18.2 Å². The third-order valence-corrected chi connectivity index (χ3v) is 8.83. The SMILES string of the molecule is O=C(O)C(CCCCCCCCCCCCC(C(=O)O)(c1ccc([N+](=O)[O-])cc1)c1ccccc1[N+](=O)[O-])Cc1ccc([N+](=O)[O-])cc1. The second kappa shape index (κ2) is 18.2. The molecular formula is C35H41N3O10. The zero-order valence-corrected chi connectivity index (χ0v) is 26.7. The van der Waals surface area contributed by atoms with Gasteiger partial charge in [0.15, 0.2) is 0 Å². The molecular weight excluding hydrogens is 622 g/mol. The van der Waals surface area contributed by atoms with Gasteiger partial charge in [-0.25, -0.2) is 0 Å². The number of benzene rings is 3. The molecule has 48 heavy (non-hydrogen) atoms. The Hall–Kier alpha value is -5.20. The van der Waals surface area contributed by atoms with Crippen LogP contribution in [0.15, 0.2) is 72.8 Å². The van der Waals surface area contributed by atoms with Gasteiger partial charge in [0.2, 0.25) is 0 Å². The second-order valence-electron chi connectivity index (χ2n) is 12.0.